The van der Waals surface area contributed by atoms with E-state index < -0.39 is 0 Å². The van der Waals surface area contributed by atoms with E-state index in [4.69, 9.17) is 0 Å². The molecule has 0 aliphatic heterocycles. The highest BCUT2D eigenvalue weighted by molar-refractivity contribution is 7.07. The van der Waals surface area contributed by atoms with Crippen LogP contribution in [0.2, 0.25) is 0 Å². The fraction of sp³-hybridized carbons (Fsp3) is 0.0909. The van der Waals surface area contributed by atoms with Gasteiger partial charge in [0.15, 0.2) is 0 Å². The molecule has 2 rings (SSSR count). The maximum Gasteiger partial charge on any atom is 0.221 e. The van der Waals surface area contributed by atoms with Crippen LogP contribution in [0.15, 0.2) is 35.2 Å². The molecule has 0 radical (unpaired) electrons. The third-order valence-corrected chi connectivity index (χ3v) is 2.50. The molecular formula is C11H10N2OS. The fourth-order valence-corrected chi connectivity index (χ4v) is 1.88. The molecule has 0 aliphatic rings. The first kappa shape index (κ1) is 9.86. The lowest BCUT2D eigenvalue weighted by molar-refractivity contribution is -0.114. The van der Waals surface area contributed by atoms with Crippen LogP contribution in [0.3, 0.4) is 0 Å². The lowest BCUT2D eigenvalue weighted by Crippen LogP contribution is -2.05. The molecule has 0 bridgehead atoms. The average molecular weight is 218 g/mol. The van der Waals surface area contributed by atoms with Crippen LogP contribution in [0, 0.1) is 0 Å². The van der Waals surface area contributed by atoms with Gasteiger partial charge in [0.1, 0.15) is 0 Å². The topological polar surface area (TPSA) is 42.0 Å². The summed E-state index contributed by atoms with van der Waals surface area (Å²) >= 11 is 1.56. The van der Waals surface area contributed by atoms with Crippen LogP contribution >= 0.6 is 11.3 Å². The minimum atomic E-state index is -0.0644. The highest BCUT2D eigenvalue weighted by Crippen LogP contribution is 2.22. The van der Waals surface area contributed by atoms with Crippen molar-refractivity contribution in [1.29, 1.82) is 0 Å². The van der Waals surface area contributed by atoms with E-state index in [9.17, 15) is 4.79 Å². The number of hydrogen-bond donors (Lipinski definition) is 1. The summed E-state index contributed by atoms with van der Waals surface area (Å²) in [5.74, 6) is -0.0644. The quantitative estimate of drug-likeness (QED) is 0.842. The van der Waals surface area contributed by atoms with Crippen LogP contribution < -0.4 is 5.32 Å². The van der Waals surface area contributed by atoms with Gasteiger partial charge in [-0.1, -0.05) is 12.1 Å². The number of hydrogen-bond acceptors (Lipinski definition) is 3. The van der Waals surface area contributed by atoms with E-state index in [1.165, 1.54) is 6.92 Å². The number of amides is 1. The number of benzene rings is 1. The molecule has 0 saturated carbocycles. The van der Waals surface area contributed by atoms with Gasteiger partial charge in [-0.3, -0.25) is 4.79 Å². The Morgan fingerprint density at radius 2 is 2.33 bits per heavy atom. The summed E-state index contributed by atoms with van der Waals surface area (Å²) < 4.78 is 0. The van der Waals surface area contributed by atoms with Gasteiger partial charge in [-0.25, -0.2) is 4.98 Å². The lowest BCUT2D eigenvalue weighted by atomic mass is 10.1. The predicted octanol–water partition coefficient (Wildman–Crippen LogP) is 2.77. The van der Waals surface area contributed by atoms with Gasteiger partial charge in [0.2, 0.25) is 5.91 Å². The zero-order chi connectivity index (χ0) is 10.7. The minimum Gasteiger partial charge on any atom is -0.326 e. The maximum absolute atomic E-state index is 10.9. The zero-order valence-electron chi connectivity index (χ0n) is 8.23. The number of carbonyl (C=O) groups is 1. The second-order valence-electron chi connectivity index (χ2n) is 3.14. The van der Waals surface area contributed by atoms with Crippen molar-refractivity contribution in [1.82, 2.24) is 4.98 Å². The molecule has 0 spiro atoms. The smallest absolute Gasteiger partial charge is 0.221 e. The standard InChI is InChI=1S/C11H10N2OS/c1-8(14)13-10-4-2-3-9(5-10)11-6-15-7-12-11/h2-7H,1H3,(H,13,14). The van der Waals surface area contributed by atoms with Crippen LogP contribution in [0.4, 0.5) is 5.69 Å². The molecule has 1 aromatic heterocycles. The number of anilines is 1. The number of nitrogens with one attached hydrogen (secondary N) is 1. The van der Waals surface area contributed by atoms with Gasteiger partial charge >= 0.3 is 0 Å². The van der Waals surface area contributed by atoms with Gasteiger partial charge in [0, 0.05) is 23.6 Å². The van der Waals surface area contributed by atoms with Gasteiger partial charge in [-0.05, 0) is 12.1 Å². The first-order valence-electron chi connectivity index (χ1n) is 4.52. The monoisotopic (exact) mass is 218 g/mol. The van der Waals surface area contributed by atoms with Crippen molar-refractivity contribution in [2.45, 2.75) is 6.92 Å². The second-order valence-corrected chi connectivity index (χ2v) is 3.85. The van der Waals surface area contributed by atoms with Gasteiger partial charge in [0.05, 0.1) is 11.2 Å². The first-order chi connectivity index (χ1) is 7.25. The Morgan fingerprint density at radius 3 is 3.00 bits per heavy atom. The van der Waals surface area contributed by atoms with E-state index in [0.717, 1.165) is 16.9 Å². The zero-order valence-corrected chi connectivity index (χ0v) is 9.04. The van der Waals surface area contributed by atoms with Crippen LogP contribution in [0.25, 0.3) is 11.3 Å². The summed E-state index contributed by atoms with van der Waals surface area (Å²) in [6, 6.07) is 7.65. The van der Waals surface area contributed by atoms with Gasteiger partial charge < -0.3 is 5.32 Å². The van der Waals surface area contributed by atoms with Crippen molar-refractivity contribution in [3.63, 3.8) is 0 Å². The molecule has 2 aromatic rings. The Balaban J connectivity index is 2.31. The minimum absolute atomic E-state index is 0.0644. The molecule has 0 fully saturated rings. The fourth-order valence-electron chi connectivity index (χ4n) is 1.31. The first-order valence-corrected chi connectivity index (χ1v) is 5.46. The molecule has 0 aliphatic carbocycles. The number of aromatic nitrogens is 1. The van der Waals surface area contributed by atoms with E-state index in [1.54, 1.807) is 16.8 Å². The molecule has 0 saturated heterocycles. The Bertz CT molecular complexity index is 465. The summed E-state index contributed by atoms with van der Waals surface area (Å²) in [6.45, 7) is 1.50. The van der Waals surface area contributed by atoms with Crippen LogP contribution in [-0.4, -0.2) is 10.9 Å². The van der Waals surface area contributed by atoms with Crippen molar-refractivity contribution >= 4 is 22.9 Å². The molecule has 4 heteroatoms. The lowest BCUT2D eigenvalue weighted by Gasteiger charge is -2.03. The van der Waals surface area contributed by atoms with Gasteiger partial charge in [0.25, 0.3) is 0 Å². The van der Waals surface area contributed by atoms with E-state index in [0.29, 0.717) is 0 Å². The van der Waals surface area contributed by atoms with Crippen molar-refractivity contribution in [3.05, 3.63) is 35.2 Å². The van der Waals surface area contributed by atoms with Crippen LogP contribution in [-0.2, 0) is 4.79 Å². The number of rotatable bonds is 2. The van der Waals surface area contributed by atoms with Crippen molar-refractivity contribution in [3.8, 4) is 11.3 Å². The molecule has 1 amide bonds. The third kappa shape index (κ3) is 2.41. The summed E-state index contributed by atoms with van der Waals surface area (Å²) in [5.41, 5.74) is 4.54. The average Bonchev–Trinajstić information content (AvgIpc) is 2.69. The molecule has 1 heterocycles. The highest BCUT2D eigenvalue weighted by Gasteiger charge is 2.01. The summed E-state index contributed by atoms with van der Waals surface area (Å²) in [5, 5.41) is 4.72. The summed E-state index contributed by atoms with van der Waals surface area (Å²) in [7, 11) is 0. The molecule has 76 valence electrons. The second kappa shape index (κ2) is 4.23. The summed E-state index contributed by atoms with van der Waals surface area (Å²) in [6.07, 6.45) is 0. The maximum atomic E-state index is 10.9. The Kier molecular flexibility index (Phi) is 2.78. The molecule has 0 atom stereocenters. The van der Waals surface area contributed by atoms with E-state index in [2.05, 4.69) is 10.3 Å². The SMILES string of the molecule is CC(=O)Nc1cccc(-c2cscn2)c1. The van der Waals surface area contributed by atoms with Crippen molar-refractivity contribution < 1.29 is 4.79 Å². The number of thiazole rings is 1. The summed E-state index contributed by atoms with van der Waals surface area (Å²) in [4.78, 5) is 15.1. The third-order valence-electron chi connectivity index (χ3n) is 1.91. The molecule has 0 unspecified atom stereocenters. The number of carbonyl (C=O) groups excluding carboxylic acids is 1. The highest BCUT2D eigenvalue weighted by atomic mass is 32.1. The largest absolute Gasteiger partial charge is 0.326 e. The van der Waals surface area contributed by atoms with Crippen molar-refractivity contribution in [2.24, 2.45) is 0 Å². The van der Waals surface area contributed by atoms with Gasteiger partial charge in [-0.15, -0.1) is 11.3 Å². The van der Waals surface area contributed by atoms with Crippen LogP contribution in [0.1, 0.15) is 6.92 Å². The Hall–Kier alpha value is -1.68. The van der Waals surface area contributed by atoms with Gasteiger partial charge in [-0.2, -0.15) is 0 Å². The molecule has 1 N–H and O–H groups in total. The Labute approximate surface area is 91.8 Å². The molecule has 1 aromatic carbocycles. The van der Waals surface area contributed by atoms with E-state index >= 15 is 0 Å². The molecule has 15 heavy (non-hydrogen) atoms. The van der Waals surface area contributed by atoms with Crippen LogP contribution in [0.5, 0.6) is 0 Å². The predicted molar refractivity (Wildman–Crippen MR) is 61.9 cm³/mol. The van der Waals surface area contributed by atoms with E-state index in [1.807, 2.05) is 29.6 Å². The molecular weight excluding hydrogens is 208 g/mol. The van der Waals surface area contributed by atoms with Crippen molar-refractivity contribution in [2.75, 3.05) is 5.32 Å². The van der Waals surface area contributed by atoms with E-state index in [-0.39, 0.29) is 5.91 Å². The molecule has 3 nitrogen and oxygen atoms in total. The Morgan fingerprint density at radius 1 is 1.47 bits per heavy atom. The number of nitrogens with zero attached hydrogens (tertiary/aromatic N) is 1. The normalized spacial score (nSPS) is 9.93.